The van der Waals surface area contributed by atoms with Crippen molar-refractivity contribution in [3.63, 3.8) is 0 Å². The molecule has 0 spiro atoms. The standard InChI is InChI=1S/C10H10FIN2O3/c11-7-3-10(17-6-1-5(13)2-6)9(14(15)16)4-8(7)12/h3-6H,1-2,13H2. The predicted octanol–water partition coefficient (Wildman–Crippen LogP) is 2.21. The average molecular weight is 352 g/mol. The van der Waals surface area contributed by atoms with E-state index in [0.29, 0.717) is 12.8 Å². The van der Waals surface area contributed by atoms with E-state index in [-0.39, 0.29) is 27.2 Å². The maximum Gasteiger partial charge on any atom is 0.312 e. The van der Waals surface area contributed by atoms with Crippen LogP contribution in [0.15, 0.2) is 12.1 Å². The SMILES string of the molecule is NC1CC(Oc2cc(F)c(I)cc2[N+](=O)[O-])C1. The zero-order chi connectivity index (χ0) is 12.6. The van der Waals surface area contributed by atoms with Gasteiger partial charge in [-0.3, -0.25) is 10.1 Å². The molecule has 0 saturated heterocycles. The molecule has 0 radical (unpaired) electrons. The minimum absolute atomic E-state index is 0.0233. The van der Waals surface area contributed by atoms with Gasteiger partial charge in [0.25, 0.3) is 0 Å². The van der Waals surface area contributed by atoms with Crippen LogP contribution >= 0.6 is 22.6 Å². The summed E-state index contributed by atoms with van der Waals surface area (Å²) in [5.74, 6) is -0.542. The summed E-state index contributed by atoms with van der Waals surface area (Å²) >= 11 is 1.71. The highest BCUT2D eigenvalue weighted by atomic mass is 127. The molecule has 1 aromatic carbocycles. The van der Waals surface area contributed by atoms with Crippen LogP contribution in [0.1, 0.15) is 12.8 Å². The van der Waals surface area contributed by atoms with Crippen molar-refractivity contribution < 1.29 is 14.1 Å². The van der Waals surface area contributed by atoms with E-state index in [9.17, 15) is 14.5 Å². The van der Waals surface area contributed by atoms with Gasteiger partial charge in [0.2, 0.25) is 0 Å². The molecular formula is C10H10FIN2O3. The minimum Gasteiger partial charge on any atom is -0.483 e. The van der Waals surface area contributed by atoms with Gasteiger partial charge >= 0.3 is 5.69 Å². The molecule has 1 aliphatic rings. The number of rotatable bonds is 3. The highest BCUT2D eigenvalue weighted by molar-refractivity contribution is 14.1. The lowest BCUT2D eigenvalue weighted by atomic mass is 9.90. The van der Waals surface area contributed by atoms with Crippen molar-refractivity contribution in [2.75, 3.05) is 0 Å². The van der Waals surface area contributed by atoms with Crippen LogP contribution < -0.4 is 10.5 Å². The van der Waals surface area contributed by atoms with Crippen molar-refractivity contribution in [3.05, 3.63) is 31.6 Å². The Balaban J connectivity index is 2.25. The Kier molecular flexibility index (Phi) is 3.48. The Labute approximate surface area is 110 Å². The van der Waals surface area contributed by atoms with Crippen LogP contribution in [0.5, 0.6) is 5.75 Å². The number of benzene rings is 1. The van der Waals surface area contributed by atoms with E-state index < -0.39 is 10.7 Å². The monoisotopic (exact) mass is 352 g/mol. The predicted molar refractivity (Wildman–Crippen MR) is 67.4 cm³/mol. The van der Waals surface area contributed by atoms with Gasteiger partial charge in [-0.05, 0) is 35.4 Å². The Morgan fingerprint density at radius 1 is 1.53 bits per heavy atom. The molecule has 7 heteroatoms. The molecular weight excluding hydrogens is 342 g/mol. The number of nitrogens with zero attached hydrogens (tertiary/aromatic N) is 1. The second kappa shape index (κ2) is 4.73. The zero-order valence-corrected chi connectivity index (χ0v) is 10.9. The first-order valence-electron chi connectivity index (χ1n) is 5.03. The van der Waals surface area contributed by atoms with Crippen molar-refractivity contribution in [2.24, 2.45) is 5.73 Å². The summed E-state index contributed by atoms with van der Waals surface area (Å²) < 4.78 is 18.9. The molecule has 0 aromatic heterocycles. The van der Waals surface area contributed by atoms with Gasteiger partial charge in [0.15, 0.2) is 5.75 Å². The van der Waals surface area contributed by atoms with Gasteiger partial charge in [-0.25, -0.2) is 4.39 Å². The molecule has 5 nitrogen and oxygen atoms in total. The van der Waals surface area contributed by atoms with Crippen molar-refractivity contribution in [1.29, 1.82) is 0 Å². The third kappa shape index (κ3) is 2.65. The van der Waals surface area contributed by atoms with Crippen LogP contribution in [0, 0.1) is 19.5 Å². The van der Waals surface area contributed by atoms with E-state index >= 15 is 0 Å². The van der Waals surface area contributed by atoms with Gasteiger partial charge in [0.1, 0.15) is 11.9 Å². The molecule has 92 valence electrons. The molecule has 0 unspecified atom stereocenters. The summed E-state index contributed by atoms with van der Waals surface area (Å²) in [6.07, 6.45) is 1.14. The normalized spacial score (nSPS) is 23.0. The number of nitrogens with two attached hydrogens (primary N) is 1. The van der Waals surface area contributed by atoms with Crippen LogP contribution in [-0.2, 0) is 0 Å². The second-order valence-electron chi connectivity index (χ2n) is 3.96. The summed E-state index contributed by atoms with van der Waals surface area (Å²) in [6, 6.07) is 2.31. The molecule has 0 heterocycles. The zero-order valence-electron chi connectivity index (χ0n) is 8.73. The van der Waals surface area contributed by atoms with E-state index in [1.807, 2.05) is 0 Å². The van der Waals surface area contributed by atoms with Crippen molar-refractivity contribution in [2.45, 2.75) is 25.0 Å². The molecule has 0 bridgehead atoms. The summed E-state index contributed by atoms with van der Waals surface area (Å²) in [5, 5.41) is 10.8. The van der Waals surface area contributed by atoms with E-state index in [2.05, 4.69) is 0 Å². The maximum absolute atomic E-state index is 13.3. The third-order valence-corrected chi connectivity index (χ3v) is 3.45. The first-order chi connectivity index (χ1) is 7.97. The lowest BCUT2D eigenvalue weighted by Gasteiger charge is -2.32. The highest BCUT2D eigenvalue weighted by Gasteiger charge is 2.30. The van der Waals surface area contributed by atoms with Gasteiger partial charge < -0.3 is 10.5 Å². The molecule has 1 saturated carbocycles. The molecule has 0 aliphatic heterocycles. The molecule has 1 aliphatic carbocycles. The smallest absolute Gasteiger partial charge is 0.312 e. The molecule has 2 N–H and O–H groups in total. The fraction of sp³-hybridized carbons (Fsp3) is 0.400. The van der Waals surface area contributed by atoms with E-state index in [1.54, 1.807) is 22.6 Å². The van der Waals surface area contributed by atoms with E-state index in [0.717, 1.165) is 6.07 Å². The van der Waals surface area contributed by atoms with Crippen LogP contribution in [0.4, 0.5) is 10.1 Å². The number of ether oxygens (including phenoxy) is 1. The molecule has 1 fully saturated rings. The lowest BCUT2D eigenvalue weighted by molar-refractivity contribution is -0.386. The fourth-order valence-electron chi connectivity index (χ4n) is 1.64. The quantitative estimate of drug-likeness (QED) is 0.514. The molecule has 1 aromatic rings. The van der Waals surface area contributed by atoms with E-state index in [1.165, 1.54) is 6.07 Å². The summed E-state index contributed by atoms with van der Waals surface area (Å²) in [5.41, 5.74) is 5.37. The van der Waals surface area contributed by atoms with Gasteiger partial charge in [0, 0.05) is 18.2 Å². The number of halogens is 2. The Morgan fingerprint density at radius 2 is 2.18 bits per heavy atom. The highest BCUT2D eigenvalue weighted by Crippen LogP contribution is 2.34. The lowest BCUT2D eigenvalue weighted by Crippen LogP contribution is -2.43. The number of hydrogen-bond donors (Lipinski definition) is 1. The molecule has 17 heavy (non-hydrogen) atoms. The second-order valence-corrected chi connectivity index (χ2v) is 5.12. The molecule has 0 atom stereocenters. The summed E-state index contributed by atoms with van der Waals surface area (Å²) in [6.45, 7) is 0. The largest absolute Gasteiger partial charge is 0.483 e. The number of nitro benzene ring substituents is 1. The Bertz CT molecular complexity index is 463. The number of nitro groups is 1. The van der Waals surface area contributed by atoms with Gasteiger partial charge in [-0.2, -0.15) is 0 Å². The van der Waals surface area contributed by atoms with Crippen LogP contribution in [0.25, 0.3) is 0 Å². The van der Waals surface area contributed by atoms with Gasteiger partial charge in [-0.1, -0.05) is 0 Å². The topological polar surface area (TPSA) is 78.4 Å². The first-order valence-corrected chi connectivity index (χ1v) is 6.11. The van der Waals surface area contributed by atoms with Gasteiger partial charge in [0.05, 0.1) is 8.49 Å². The minimum atomic E-state index is -0.574. The van der Waals surface area contributed by atoms with Crippen LogP contribution in [-0.4, -0.2) is 17.1 Å². The van der Waals surface area contributed by atoms with E-state index in [4.69, 9.17) is 10.5 Å². The van der Waals surface area contributed by atoms with Crippen LogP contribution in [0.3, 0.4) is 0 Å². The Morgan fingerprint density at radius 3 is 2.71 bits per heavy atom. The molecule has 0 amide bonds. The summed E-state index contributed by atoms with van der Waals surface area (Å²) in [7, 11) is 0. The number of hydrogen-bond acceptors (Lipinski definition) is 4. The maximum atomic E-state index is 13.3. The third-order valence-electron chi connectivity index (χ3n) is 2.62. The summed E-state index contributed by atoms with van der Waals surface area (Å²) in [4.78, 5) is 10.2. The van der Waals surface area contributed by atoms with Crippen molar-refractivity contribution >= 4 is 28.3 Å². The van der Waals surface area contributed by atoms with Crippen molar-refractivity contribution in [1.82, 2.24) is 0 Å². The average Bonchev–Trinajstić information content (AvgIpc) is 2.20. The van der Waals surface area contributed by atoms with Crippen molar-refractivity contribution in [3.8, 4) is 5.75 Å². The first kappa shape index (κ1) is 12.5. The van der Waals surface area contributed by atoms with Gasteiger partial charge in [-0.15, -0.1) is 0 Å². The molecule has 2 rings (SSSR count). The fourth-order valence-corrected chi connectivity index (χ4v) is 2.09. The van der Waals surface area contributed by atoms with Crippen LogP contribution in [0.2, 0.25) is 0 Å². The Hall–Kier alpha value is -0.960.